The minimum atomic E-state index is -0.207. The minimum Gasteiger partial charge on any atom is -0.391 e. The van der Waals surface area contributed by atoms with Gasteiger partial charge in [-0.2, -0.15) is 11.8 Å². The summed E-state index contributed by atoms with van der Waals surface area (Å²) < 4.78 is 0. The van der Waals surface area contributed by atoms with Crippen molar-refractivity contribution in [3.05, 3.63) is 0 Å². The van der Waals surface area contributed by atoms with E-state index in [1.807, 2.05) is 11.8 Å². The van der Waals surface area contributed by atoms with Crippen molar-refractivity contribution in [2.75, 3.05) is 25.1 Å². The molecule has 2 nitrogen and oxygen atoms in total. The molecule has 0 aromatic heterocycles. The van der Waals surface area contributed by atoms with Crippen LogP contribution in [0.4, 0.5) is 0 Å². The van der Waals surface area contributed by atoms with Crippen molar-refractivity contribution >= 4 is 11.8 Å². The Morgan fingerprint density at radius 1 is 1.71 bits per heavy atom. The molecule has 1 aliphatic heterocycles. The van der Waals surface area contributed by atoms with E-state index >= 15 is 0 Å². The molecule has 2 atom stereocenters. The van der Waals surface area contributed by atoms with Gasteiger partial charge in [0.2, 0.25) is 0 Å². The SMILES string of the molecule is C#CCCCC(O)C1CSCCN1C. The molecule has 80 valence electrons. The Hall–Kier alpha value is -0.170. The van der Waals surface area contributed by atoms with E-state index in [-0.39, 0.29) is 6.10 Å². The molecule has 0 amide bonds. The van der Waals surface area contributed by atoms with Crippen LogP contribution in [0.1, 0.15) is 19.3 Å². The van der Waals surface area contributed by atoms with Crippen molar-refractivity contribution in [1.29, 1.82) is 0 Å². The van der Waals surface area contributed by atoms with E-state index in [4.69, 9.17) is 6.42 Å². The number of likely N-dealkylation sites (N-methyl/N-ethyl adjacent to an activating group) is 1. The summed E-state index contributed by atoms with van der Waals surface area (Å²) in [6.07, 6.45) is 7.52. The molecule has 1 N–H and O–H groups in total. The van der Waals surface area contributed by atoms with Crippen molar-refractivity contribution in [3.8, 4) is 12.3 Å². The minimum absolute atomic E-state index is 0.207. The fourth-order valence-electron chi connectivity index (χ4n) is 1.72. The van der Waals surface area contributed by atoms with E-state index in [2.05, 4.69) is 17.9 Å². The van der Waals surface area contributed by atoms with Crippen LogP contribution in [0, 0.1) is 12.3 Å². The smallest absolute Gasteiger partial charge is 0.0703 e. The summed E-state index contributed by atoms with van der Waals surface area (Å²) in [6.45, 7) is 1.08. The molecule has 0 aromatic rings. The highest BCUT2D eigenvalue weighted by Crippen LogP contribution is 2.19. The first kappa shape index (κ1) is 11.9. The Bertz CT molecular complexity index is 202. The van der Waals surface area contributed by atoms with Crippen LogP contribution in [0.3, 0.4) is 0 Å². The summed E-state index contributed by atoms with van der Waals surface area (Å²) in [5, 5.41) is 9.95. The van der Waals surface area contributed by atoms with Crippen LogP contribution in [0.5, 0.6) is 0 Å². The first-order valence-electron chi connectivity index (χ1n) is 5.15. The van der Waals surface area contributed by atoms with Gasteiger partial charge in [0.15, 0.2) is 0 Å². The Morgan fingerprint density at radius 2 is 2.50 bits per heavy atom. The number of aliphatic hydroxyl groups excluding tert-OH is 1. The van der Waals surface area contributed by atoms with Gasteiger partial charge in [0.25, 0.3) is 0 Å². The second kappa shape index (κ2) is 6.34. The predicted molar refractivity (Wildman–Crippen MR) is 62.4 cm³/mol. The maximum atomic E-state index is 9.95. The van der Waals surface area contributed by atoms with Gasteiger partial charge in [0, 0.05) is 30.5 Å². The number of nitrogens with zero attached hydrogens (tertiary/aromatic N) is 1. The Kier molecular flexibility index (Phi) is 5.39. The van der Waals surface area contributed by atoms with Gasteiger partial charge in [0.1, 0.15) is 0 Å². The maximum Gasteiger partial charge on any atom is 0.0703 e. The molecule has 1 saturated heterocycles. The zero-order chi connectivity index (χ0) is 10.4. The second-order valence-corrected chi connectivity index (χ2v) is 4.94. The average Bonchev–Trinajstić information content (AvgIpc) is 2.18. The molecule has 14 heavy (non-hydrogen) atoms. The Morgan fingerprint density at radius 3 is 3.14 bits per heavy atom. The van der Waals surface area contributed by atoms with Crippen molar-refractivity contribution < 1.29 is 5.11 Å². The van der Waals surface area contributed by atoms with Crippen LogP contribution in [0.25, 0.3) is 0 Å². The number of rotatable bonds is 4. The molecular formula is C11H19NOS. The molecule has 2 unspecified atom stereocenters. The molecular weight excluding hydrogens is 194 g/mol. The lowest BCUT2D eigenvalue weighted by atomic mass is 10.0. The lowest BCUT2D eigenvalue weighted by Gasteiger charge is -2.35. The van der Waals surface area contributed by atoms with Gasteiger partial charge in [-0.25, -0.2) is 0 Å². The first-order chi connectivity index (χ1) is 6.75. The summed E-state index contributed by atoms with van der Waals surface area (Å²) >= 11 is 1.93. The van der Waals surface area contributed by atoms with Crippen molar-refractivity contribution in [2.24, 2.45) is 0 Å². The van der Waals surface area contributed by atoms with Crippen LogP contribution < -0.4 is 0 Å². The van der Waals surface area contributed by atoms with Crippen LogP contribution in [-0.2, 0) is 0 Å². The quantitative estimate of drug-likeness (QED) is 0.561. The molecule has 0 aromatic carbocycles. The number of terminal acetylenes is 1. The summed E-state index contributed by atoms with van der Waals surface area (Å²) in [5.41, 5.74) is 0. The number of aliphatic hydroxyl groups is 1. The summed E-state index contributed by atoms with van der Waals surface area (Å²) in [7, 11) is 2.09. The third-order valence-corrected chi connectivity index (χ3v) is 3.76. The van der Waals surface area contributed by atoms with E-state index in [1.54, 1.807) is 0 Å². The Balaban J connectivity index is 2.27. The van der Waals surface area contributed by atoms with Crippen molar-refractivity contribution in [2.45, 2.75) is 31.4 Å². The number of hydrogen-bond donors (Lipinski definition) is 1. The Labute approximate surface area is 91.1 Å². The third kappa shape index (κ3) is 3.53. The molecule has 1 fully saturated rings. The molecule has 0 saturated carbocycles. The highest BCUT2D eigenvalue weighted by molar-refractivity contribution is 7.99. The second-order valence-electron chi connectivity index (χ2n) is 3.79. The molecule has 0 spiro atoms. The van der Waals surface area contributed by atoms with Crippen LogP contribution in [0.15, 0.2) is 0 Å². The van der Waals surface area contributed by atoms with E-state index in [0.29, 0.717) is 6.04 Å². The molecule has 0 aliphatic carbocycles. The molecule has 1 aliphatic rings. The van der Waals surface area contributed by atoms with Crippen LogP contribution in [0.2, 0.25) is 0 Å². The highest BCUT2D eigenvalue weighted by Gasteiger charge is 2.25. The van der Waals surface area contributed by atoms with Gasteiger partial charge in [0.05, 0.1) is 6.10 Å². The van der Waals surface area contributed by atoms with E-state index in [1.165, 1.54) is 5.75 Å². The molecule has 0 radical (unpaired) electrons. The number of unbranched alkanes of at least 4 members (excludes halogenated alkanes) is 1. The van der Waals surface area contributed by atoms with Crippen molar-refractivity contribution in [3.63, 3.8) is 0 Å². The monoisotopic (exact) mass is 213 g/mol. The van der Waals surface area contributed by atoms with E-state index in [0.717, 1.165) is 31.6 Å². The van der Waals surface area contributed by atoms with Crippen LogP contribution in [-0.4, -0.2) is 47.3 Å². The number of hydrogen-bond acceptors (Lipinski definition) is 3. The van der Waals surface area contributed by atoms with Gasteiger partial charge in [-0.3, -0.25) is 4.90 Å². The normalized spacial score (nSPS) is 25.6. The first-order valence-corrected chi connectivity index (χ1v) is 6.30. The van der Waals surface area contributed by atoms with E-state index in [9.17, 15) is 5.11 Å². The average molecular weight is 213 g/mol. The van der Waals surface area contributed by atoms with Gasteiger partial charge in [-0.05, 0) is 19.9 Å². The summed E-state index contributed by atoms with van der Waals surface area (Å²) in [4.78, 5) is 2.26. The standard InChI is InChI=1S/C11H19NOS/c1-3-4-5-6-11(13)10-9-14-8-7-12(10)2/h1,10-11,13H,4-9H2,2H3. The largest absolute Gasteiger partial charge is 0.391 e. The topological polar surface area (TPSA) is 23.5 Å². The number of thioether (sulfide) groups is 1. The van der Waals surface area contributed by atoms with Gasteiger partial charge < -0.3 is 5.11 Å². The summed E-state index contributed by atoms with van der Waals surface area (Å²) in [5.74, 6) is 4.84. The molecule has 1 rings (SSSR count). The summed E-state index contributed by atoms with van der Waals surface area (Å²) in [6, 6.07) is 0.325. The maximum absolute atomic E-state index is 9.95. The highest BCUT2D eigenvalue weighted by atomic mass is 32.2. The van der Waals surface area contributed by atoms with Crippen molar-refractivity contribution in [1.82, 2.24) is 4.90 Å². The lowest BCUT2D eigenvalue weighted by molar-refractivity contribution is 0.0682. The van der Waals surface area contributed by atoms with Gasteiger partial charge >= 0.3 is 0 Å². The third-order valence-electron chi connectivity index (χ3n) is 2.71. The molecule has 0 bridgehead atoms. The van der Waals surface area contributed by atoms with Gasteiger partial charge in [-0.15, -0.1) is 12.3 Å². The molecule has 3 heteroatoms. The fourth-order valence-corrected chi connectivity index (χ4v) is 3.02. The zero-order valence-electron chi connectivity index (χ0n) is 8.78. The van der Waals surface area contributed by atoms with E-state index < -0.39 is 0 Å². The van der Waals surface area contributed by atoms with Gasteiger partial charge in [-0.1, -0.05) is 0 Å². The fraction of sp³-hybridized carbons (Fsp3) is 0.818. The lowest BCUT2D eigenvalue weighted by Crippen LogP contribution is -2.46. The zero-order valence-corrected chi connectivity index (χ0v) is 9.59. The predicted octanol–water partition coefficient (Wildman–Crippen LogP) is 1.20. The molecule has 1 heterocycles. The van der Waals surface area contributed by atoms with Crippen LogP contribution >= 0.6 is 11.8 Å².